The summed E-state index contributed by atoms with van der Waals surface area (Å²) in [6.07, 6.45) is 2.64. The van der Waals surface area contributed by atoms with Gasteiger partial charge >= 0.3 is 0 Å². The zero-order valence-electron chi connectivity index (χ0n) is 13.6. The highest BCUT2D eigenvalue weighted by atomic mass is 15.2. The molecule has 1 heterocycles. The molecule has 0 spiro atoms. The molecule has 0 radical (unpaired) electrons. The number of hydrogen-bond donors (Lipinski definition) is 1. The van der Waals surface area contributed by atoms with Crippen LogP contribution in [0, 0.1) is 16.7 Å². The Balaban J connectivity index is 2.66. The Morgan fingerprint density at radius 2 is 1.44 bits per heavy atom. The van der Waals surface area contributed by atoms with E-state index in [2.05, 4.69) is 53.4 Å². The molecule has 108 valence electrons. The molecular formula is C16H34N2. The van der Waals surface area contributed by atoms with E-state index in [4.69, 9.17) is 5.73 Å². The molecule has 2 unspecified atom stereocenters. The maximum atomic E-state index is 6.23. The van der Waals surface area contributed by atoms with E-state index >= 15 is 0 Å². The summed E-state index contributed by atoms with van der Waals surface area (Å²) in [4.78, 5) is 2.63. The Kier molecular flexibility index (Phi) is 4.88. The van der Waals surface area contributed by atoms with E-state index < -0.39 is 0 Å². The summed E-state index contributed by atoms with van der Waals surface area (Å²) >= 11 is 0. The molecule has 1 aliphatic rings. The number of likely N-dealkylation sites (tertiary alicyclic amines) is 1. The monoisotopic (exact) mass is 254 g/mol. The molecule has 0 aliphatic carbocycles. The molecule has 2 N–H and O–H groups in total. The highest BCUT2D eigenvalue weighted by molar-refractivity contribution is 4.92. The topological polar surface area (TPSA) is 29.3 Å². The fraction of sp³-hybridized carbons (Fsp3) is 1.00. The number of nitrogens with zero attached hydrogens (tertiary/aromatic N) is 1. The molecule has 2 nitrogen and oxygen atoms in total. The summed E-state index contributed by atoms with van der Waals surface area (Å²) in [6, 6.07) is 0.745. The zero-order chi connectivity index (χ0) is 14.1. The average Bonchev–Trinajstić information content (AvgIpc) is 2.13. The molecule has 0 amide bonds. The van der Waals surface area contributed by atoms with Gasteiger partial charge in [0.05, 0.1) is 0 Å². The van der Waals surface area contributed by atoms with Gasteiger partial charge in [-0.05, 0) is 49.6 Å². The van der Waals surface area contributed by atoms with Crippen molar-refractivity contribution >= 4 is 0 Å². The van der Waals surface area contributed by atoms with Crippen molar-refractivity contribution in [2.75, 3.05) is 13.1 Å². The van der Waals surface area contributed by atoms with Crippen LogP contribution in [0.4, 0.5) is 0 Å². The van der Waals surface area contributed by atoms with Crippen molar-refractivity contribution in [2.45, 2.75) is 73.4 Å². The summed E-state index contributed by atoms with van der Waals surface area (Å²) in [5.74, 6) is 0.863. The molecule has 0 bridgehead atoms. The third-order valence-electron chi connectivity index (χ3n) is 4.53. The van der Waals surface area contributed by atoms with Crippen LogP contribution in [0.1, 0.15) is 61.3 Å². The lowest BCUT2D eigenvalue weighted by atomic mass is 9.74. The average molecular weight is 254 g/mol. The van der Waals surface area contributed by atoms with Gasteiger partial charge in [-0.25, -0.2) is 0 Å². The predicted molar refractivity (Wildman–Crippen MR) is 80.6 cm³/mol. The van der Waals surface area contributed by atoms with Gasteiger partial charge in [-0.3, -0.25) is 4.90 Å². The van der Waals surface area contributed by atoms with Crippen molar-refractivity contribution in [1.29, 1.82) is 0 Å². The molecule has 2 atom stereocenters. The van der Waals surface area contributed by atoms with E-state index in [1.54, 1.807) is 0 Å². The van der Waals surface area contributed by atoms with E-state index in [1.165, 1.54) is 25.9 Å². The highest BCUT2D eigenvalue weighted by Crippen LogP contribution is 2.37. The number of rotatable bonds is 2. The van der Waals surface area contributed by atoms with E-state index in [1.807, 2.05) is 0 Å². The Hall–Kier alpha value is -0.0800. The van der Waals surface area contributed by atoms with Gasteiger partial charge < -0.3 is 5.73 Å². The van der Waals surface area contributed by atoms with Gasteiger partial charge in [-0.2, -0.15) is 0 Å². The van der Waals surface area contributed by atoms with E-state index in [9.17, 15) is 0 Å². The first-order valence-corrected chi connectivity index (χ1v) is 7.53. The minimum absolute atomic E-state index is 0.246. The zero-order valence-corrected chi connectivity index (χ0v) is 13.6. The molecule has 0 aromatic rings. The van der Waals surface area contributed by atoms with Crippen LogP contribution < -0.4 is 5.73 Å². The van der Waals surface area contributed by atoms with Gasteiger partial charge in [0.15, 0.2) is 0 Å². The summed E-state index contributed by atoms with van der Waals surface area (Å²) < 4.78 is 0. The van der Waals surface area contributed by atoms with Gasteiger partial charge in [-0.15, -0.1) is 0 Å². The molecule has 1 saturated heterocycles. The van der Waals surface area contributed by atoms with Gasteiger partial charge in [0, 0.05) is 12.1 Å². The van der Waals surface area contributed by atoms with Crippen molar-refractivity contribution in [1.82, 2.24) is 4.90 Å². The first-order valence-electron chi connectivity index (χ1n) is 7.53. The predicted octanol–water partition coefficient (Wildman–Crippen LogP) is 3.51. The molecule has 0 saturated carbocycles. The molecule has 2 heteroatoms. The summed E-state index contributed by atoms with van der Waals surface area (Å²) in [5.41, 5.74) is 6.96. The van der Waals surface area contributed by atoms with Gasteiger partial charge in [0.2, 0.25) is 0 Å². The van der Waals surface area contributed by atoms with Crippen molar-refractivity contribution in [3.63, 3.8) is 0 Å². The number of hydrogen-bond acceptors (Lipinski definition) is 2. The first kappa shape index (κ1) is 16.0. The quantitative estimate of drug-likeness (QED) is 0.817. The van der Waals surface area contributed by atoms with Gasteiger partial charge in [0.1, 0.15) is 0 Å². The molecule has 0 aromatic heterocycles. The van der Waals surface area contributed by atoms with Crippen molar-refractivity contribution in [2.24, 2.45) is 22.5 Å². The molecule has 1 rings (SSSR count). The molecular weight excluding hydrogens is 220 g/mol. The summed E-state index contributed by atoms with van der Waals surface area (Å²) in [7, 11) is 0. The minimum atomic E-state index is 0.246. The highest BCUT2D eigenvalue weighted by Gasteiger charge is 2.37. The molecule has 0 aromatic carbocycles. The lowest BCUT2D eigenvalue weighted by Gasteiger charge is -2.47. The van der Waals surface area contributed by atoms with Crippen molar-refractivity contribution in [3.05, 3.63) is 0 Å². The van der Waals surface area contributed by atoms with E-state index in [-0.39, 0.29) is 11.5 Å². The SMILES string of the molecule is CC(N)C(N1CCC(C(C)(C)C)CC1)C(C)(C)C. The Morgan fingerprint density at radius 3 is 1.72 bits per heavy atom. The second kappa shape index (κ2) is 5.50. The second-order valence-electron chi connectivity index (χ2n) is 8.35. The van der Waals surface area contributed by atoms with E-state index in [0.717, 1.165) is 5.92 Å². The van der Waals surface area contributed by atoms with E-state index in [0.29, 0.717) is 11.5 Å². The van der Waals surface area contributed by atoms with Crippen LogP contribution in [-0.4, -0.2) is 30.1 Å². The lowest BCUT2D eigenvalue weighted by molar-refractivity contribution is 0.0290. The van der Waals surface area contributed by atoms with Crippen LogP contribution in [0.5, 0.6) is 0 Å². The van der Waals surface area contributed by atoms with Crippen LogP contribution in [0.3, 0.4) is 0 Å². The van der Waals surface area contributed by atoms with Crippen LogP contribution in [-0.2, 0) is 0 Å². The normalized spacial score (nSPS) is 24.0. The lowest BCUT2D eigenvalue weighted by Crippen LogP contribution is -2.56. The largest absolute Gasteiger partial charge is 0.327 e. The van der Waals surface area contributed by atoms with Gasteiger partial charge in [-0.1, -0.05) is 41.5 Å². The molecule has 1 fully saturated rings. The Morgan fingerprint density at radius 1 is 1.00 bits per heavy atom. The molecule has 1 aliphatic heterocycles. The van der Waals surface area contributed by atoms with Crippen LogP contribution in [0.15, 0.2) is 0 Å². The second-order valence-corrected chi connectivity index (χ2v) is 8.35. The van der Waals surface area contributed by atoms with Crippen LogP contribution >= 0.6 is 0 Å². The summed E-state index contributed by atoms with van der Waals surface area (Å²) in [6.45, 7) is 18.7. The number of piperidine rings is 1. The van der Waals surface area contributed by atoms with Gasteiger partial charge in [0.25, 0.3) is 0 Å². The Bertz CT molecular complexity index is 249. The first-order chi connectivity index (χ1) is 8.03. The third kappa shape index (κ3) is 3.96. The van der Waals surface area contributed by atoms with Crippen molar-refractivity contribution in [3.8, 4) is 0 Å². The molecule has 18 heavy (non-hydrogen) atoms. The fourth-order valence-electron chi connectivity index (χ4n) is 3.71. The van der Waals surface area contributed by atoms with Crippen LogP contribution in [0.2, 0.25) is 0 Å². The third-order valence-corrected chi connectivity index (χ3v) is 4.53. The maximum absolute atomic E-state index is 6.23. The maximum Gasteiger partial charge on any atom is 0.0292 e. The fourth-order valence-corrected chi connectivity index (χ4v) is 3.71. The van der Waals surface area contributed by atoms with Crippen molar-refractivity contribution < 1.29 is 0 Å². The Labute approximate surface area is 114 Å². The standard InChI is InChI=1S/C16H34N2/c1-12(17)14(16(5,6)7)18-10-8-13(9-11-18)15(2,3)4/h12-14H,8-11,17H2,1-7H3. The summed E-state index contributed by atoms with van der Waals surface area (Å²) in [5, 5.41) is 0. The van der Waals surface area contributed by atoms with Crippen LogP contribution in [0.25, 0.3) is 0 Å². The minimum Gasteiger partial charge on any atom is -0.327 e. The number of nitrogens with two attached hydrogens (primary N) is 1. The smallest absolute Gasteiger partial charge is 0.0292 e.